The molecule has 0 saturated carbocycles. The summed E-state index contributed by atoms with van der Waals surface area (Å²) in [5, 5.41) is 0. The Labute approximate surface area is 94.7 Å². The minimum absolute atomic E-state index is 0.103. The fourth-order valence-corrected chi connectivity index (χ4v) is 1.73. The van der Waals surface area contributed by atoms with Crippen molar-refractivity contribution in [2.45, 2.75) is 25.8 Å². The number of nitrogens with two attached hydrogens (primary N) is 1. The molecule has 0 bridgehead atoms. The first kappa shape index (κ1) is 11.0. The van der Waals surface area contributed by atoms with Crippen LogP contribution in [0.4, 0.5) is 0 Å². The van der Waals surface area contributed by atoms with Crippen LogP contribution < -0.4 is 11.3 Å². The van der Waals surface area contributed by atoms with E-state index in [9.17, 15) is 0 Å². The Kier molecular flexibility index (Phi) is 3.48. The van der Waals surface area contributed by atoms with Gasteiger partial charge in [-0.05, 0) is 25.3 Å². The van der Waals surface area contributed by atoms with Crippen LogP contribution in [0.3, 0.4) is 0 Å². The number of hydrogen-bond acceptors (Lipinski definition) is 5. The van der Waals surface area contributed by atoms with E-state index in [2.05, 4.69) is 15.4 Å². The predicted octanol–water partition coefficient (Wildman–Crippen LogP) is 0.984. The molecule has 2 heterocycles. The Bertz CT molecular complexity index is 374. The Hall–Kier alpha value is -1.46. The molecular formula is C11H16N4O. The summed E-state index contributed by atoms with van der Waals surface area (Å²) >= 11 is 0. The minimum Gasteiger partial charge on any atom is -0.501 e. The first-order valence-electron chi connectivity index (χ1n) is 5.36. The maximum atomic E-state index is 5.56. The van der Waals surface area contributed by atoms with Gasteiger partial charge in [-0.25, -0.2) is 5.43 Å². The molecule has 1 aromatic rings. The Balaban J connectivity index is 2.21. The molecule has 0 saturated heterocycles. The lowest BCUT2D eigenvalue weighted by molar-refractivity contribution is 0.219. The predicted molar refractivity (Wildman–Crippen MR) is 60.1 cm³/mol. The number of aryl methyl sites for hydroxylation is 1. The highest BCUT2D eigenvalue weighted by Crippen LogP contribution is 2.25. The summed E-state index contributed by atoms with van der Waals surface area (Å²) in [6, 6.07) is -0.103. The van der Waals surface area contributed by atoms with E-state index >= 15 is 0 Å². The fraction of sp³-hybridized carbons (Fsp3) is 0.455. The summed E-state index contributed by atoms with van der Waals surface area (Å²) < 4.78 is 5.30. The normalized spacial score (nSPS) is 17.5. The number of aromatic nitrogens is 2. The van der Waals surface area contributed by atoms with Gasteiger partial charge < -0.3 is 4.74 Å². The molecule has 1 atom stereocenters. The monoisotopic (exact) mass is 220 g/mol. The summed E-state index contributed by atoms with van der Waals surface area (Å²) in [5.41, 5.74) is 5.59. The number of rotatable bonds is 3. The van der Waals surface area contributed by atoms with Gasteiger partial charge in [0.15, 0.2) is 0 Å². The van der Waals surface area contributed by atoms with Crippen molar-refractivity contribution in [3.63, 3.8) is 0 Å². The molecule has 1 unspecified atom stereocenters. The highest BCUT2D eigenvalue weighted by atomic mass is 16.5. The van der Waals surface area contributed by atoms with E-state index < -0.39 is 0 Å². The lowest BCUT2D eigenvalue weighted by Crippen LogP contribution is -2.31. The van der Waals surface area contributed by atoms with E-state index in [1.165, 1.54) is 0 Å². The highest BCUT2D eigenvalue weighted by molar-refractivity contribution is 5.20. The van der Waals surface area contributed by atoms with Crippen LogP contribution in [0, 0.1) is 6.92 Å². The molecule has 0 aromatic carbocycles. The minimum atomic E-state index is -0.103. The summed E-state index contributed by atoms with van der Waals surface area (Å²) in [6.45, 7) is 2.69. The molecular weight excluding hydrogens is 204 g/mol. The standard InChI is InChI=1S/C11H16N4O/c1-8-5-14-10(6-13-8)11(15-12)9-3-2-4-16-7-9/h5-7,11,15H,2-4,12H2,1H3. The van der Waals surface area contributed by atoms with Crippen molar-refractivity contribution in [2.75, 3.05) is 6.61 Å². The van der Waals surface area contributed by atoms with Crippen molar-refractivity contribution in [2.24, 2.45) is 5.84 Å². The van der Waals surface area contributed by atoms with E-state index in [4.69, 9.17) is 10.6 Å². The molecule has 5 heteroatoms. The molecule has 2 rings (SSSR count). The third-order valence-electron chi connectivity index (χ3n) is 2.60. The van der Waals surface area contributed by atoms with Crippen molar-refractivity contribution in [1.82, 2.24) is 15.4 Å². The molecule has 0 radical (unpaired) electrons. The van der Waals surface area contributed by atoms with Gasteiger partial charge in [0.1, 0.15) is 0 Å². The topological polar surface area (TPSA) is 73.1 Å². The molecule has 1 aliphatic rings. The SMILES string of the molecule is Cc1cnc(C(NN)C2=COCCC2)cn1. The van der Waals surface area contributed by atoms with Crippen LogP contribution in [0.2, 0.25) is 0 Å². The quantitative estimate of drug-likeness (QED) is 0.587. The number of nitrogens with one attached hydrogen (secondary N) is 1. The summed E-state index contributed by atoms with van der Waals surface area (Å²) in [6.07, 6.45) is 7.25. The Morgan fingerprint density at radius 1 is 1.44 bits per heavy atom. The van der Waals surface area contributed by atoms with Crippen LogP contribution in [0.25, 0.3) is 0 Å². The molecule has 0 spiro atoms. The molecule has 0 fully saturated rings. The van der Waals surface area contributed by atoms with Crippen molar-refractivity contribution >= 4 is 0 Å². The molecule has 0 amide bonds. The van der Waals surface area contributed by atoms with E-state index in [1.807, 2.05) is 6.92 Å². The lowest BCUT2D eigenvalue weighted by atomic mass is 10.0. The number of nitrogens with zero attached hydrogens (tertiary/aromatic N) is 2. The van der Waals surface area contributed by atoms with Gasteiger partial charge in [0.25, 0.3) is 0 Å². The van der Waals surface area contributed by atoms with Crippen LogP contribution in [0.1, 0.15) is 30.3 Å². The van der Waals surface area contributed by atoms with Crippen LogP contribution in [0.15, 0.2) is 24.2 Å². The van der Waals surface area contributed by atoms with E-state index in [1.54, 1.807) is 18.7 Å². The number of ether oxygens (including phenoxy) is 1. The van der Waals surface area contributed by atoms with Crippen molar-refractivity contribution in [1.29, 1.82) is 0 Å². The molecule has 16 heavy (non-hydrogen) atoms. The highest BCUT2D eigenvalue weighted by Gasteiger charge is 2.19. The summed E-state index contributed by atoms with van der Waals surface area (Å²) in [5.74, 6) is 5.56. The zero-order chi connectivity index (χ0) is 11.4. The lowest BCUT2D eigenvalue weighted by Gasteiger charge is -2.21. The molecule has 1 aliphatic heterocycles. The zero-order valence-electron chi connectivity index (χ0n) is 9.31. The maximum absolute atomic E-state index is 5.56. The van der Waals surface area contributed by atoms with Gasteiger partial charge in [0.05, 0.1) is 36.5 Å². The average molecular weight is 220 g/mol. The van der Waals surface area contributed by atoms with Crippen LogP contribution >= 0.6 is 0 Å². The molecule has 86 valence electrons. The third-order valence-corrected chi connectivity index (χ3v) is 2.60. The van der Waals surface area contributed by atoms with Gasteiger partial charge >= 0.3 is 0 Å². The van der Waals surface area contributed by atoms with Gasteiger partial charge in [-0.2, -0.15) is 0 Å². The van der Waals surface area contributed by atoms with Crippen LogP contribution in [-0.4, -0.2) is 16.6 Å². The Morgan fingerprint density at radius 2 is 2.31 bits per heavy atom. The van der Waals surface area contributed by atoms with Crippen molar-refractivity contribution in [3.05, 3.63) is 35.6 Å². The number of hydrogen-bond donors (Lipinski definition) is 2. The Morgan fingerprint density at radius 3 is 2.88 bits per heavy atom. The second-order valence-corrected chi connectivity index (χ2v) is 3.85. The first-order valence-corrected chi connectivity index (χ1v) is 5.36. The molecule has 3 N–H and O–H groups in total. The van der Waals surface area contributed by atoms with Gasteiger partial charge in [0, 0.05) is 6.20 Å². The maximum Gasteiger partial charge on any atom is 0.0889 e. The fourth-order valence-electron chi connectivity index (χ4n) is 1.73. The first-order chi connectivity index (χ1) is 7.81. The molecule has 0 aliphatic carbocycles. The molecule has 1 aromatic heterocycles. The van der Waals surface area contributed by atoms with Gasteiger partial charge in [-0.1, -0.05) is 0 Å². The van der Waals surface area contributed by atoms with Crippen LogP contribution in [-0.2, 0) is 4.74 Å². The van der Waals surface area contributed by atoms with Crippen molar-refractivity contribution < 1.29 is 4.74 Å². The second-order valence-electron chi connectivity index (χ2n) is 3.85. The van der Waals surface area contributed by atoms with Crippen molar-refractivity contribution in [3.8, 4) is 0 Å². The number of hydrazine groups is 1. The summed E-state index contributed by atoms with van der Waals surface area (Å²) in [4.78, 5) is 8.54. The molecule has 5 nitrogen and oxygen atoms in total. The summed E-state index contributed by atoms with van der Waals surface area (Å²) in [7, 11) is 0. The van der Waals surface area contributed by atoms with E-state index in [-0.39, 0.29) is 6.04 Å². The van der Waals surface area contributed by atoms with Gasteiger partial charge in [-0.3, -0.25) is 15.8 Å². The van der Waals surface area contributed by atoms with Gasteiger partial charge in [0.2, 0.25) is 0 Å². The third kappa shape index (κ3) is 2.37. The van der Waals surface area contributed by atoms with E-state index in [0.717, 1.165) is 36.4 Å². The van der Waals surface area contributed by atoms with Gasteiger partial charge in [-0.15, -0.1) is 0 Å². The average Bonchev–Trinajstić information content (AvgIpc) is 2.34. The van der Waals surface area contributed by atoms with E-state index in [0.29, 0.717) is 0 Å². The zero-order valence-corrected chi connectivity index (χ0v) is 9.31. The smallest absolute Gasteiger partial charge is 0.0889 e. The largest absolute Gasteiger partial charge is 0.501 e. The van der Waals surface area contributed by atoms with Crippen LogP contribution in [0.5, 0.6) is 0 Å². The second kappa shape index (κ2) is 5.05.